The van der Waals surface area contributed by atoms with Gasteiger partial charge in [0.15, 0.2) is 0 Å². The second-order valence-electron chi connectivity index (χ2n) is 9.22. The summed E-state index contributed by atoms with van der Waals surface area (Å²) in [6, 6.07) is 15.8. The molecule has 0 spiro atoms. The molecule has 9 heteroatoms. The summed E-state index contributed by atoms with van der Waals surface area (Å²) in [5, 5.41) is 11.6. The van der Waals surface area contributed by atoms with Gasteiger partial charge in [0.1, 0.15) is 6.10 Å². The minimum atomic E-state index is -0.619. The highest BCUT2D eigenvalue weighted by Gasteiger charge is 2.40. The number of hydrogen-bond acceptors (Lipinski definition) is 5. The Hall–Kier alpha value is -3.98. The van der Waals surface area contributed by atoms with Gasteiger partial charge in [0, 0.05) is 26.2 Å². The molecular weight excluding hydrogens is 436 g/mol. The molecule has 0 saturated carbocycles. The maximum atomic E-state index is 13.5. The van der Waals surface area contributed by atoms with Crippen LogP contribution in [0.1, 0.15) is 31.2 Å². The number of nitro benzene ring substituents is 1. The molecule has 5 rings (SSSR count). The lowest BCUT2D eigenvalue weighted by atomic mass is 9.98. The first-order valence-corrected chi connectivity index (χ1v) is 10.9. The lowest BCUT2D eigenvalue weighted by Gasteiger charge is -2.39. The Morgan fingerprint density at radius 1 is 1.00 bits per heavy atom. The van der Waals surface area contributed by atoms with Gasteiger partial charge in [0.2, 0.25) is 0 Å². The molecule has 34 heavy (non-hydrogen) atoms. The van der Waals surface area contributed by atoms with E-state index in [0.717, 1.165) is 15.8 Å². The molecule has 9 nitrogen and oxygen atoms in total. The van der Waals surface area contributed by atoms with Crippen molar-refractivity contribution in [3.05, 3.63) is 96.8 Å². The van der Waals surface area contributed by atoms with Crippen LogP contribution in [0.2, 0.25) is 0 Å². The van der Waals surface area contributed by atoms with E-state index in [9.17, 15) is 19.7 Å². The molecule has 0 bridgehead atoms. The number of fused-ring (bicyclic) bond motifs is 3. The summed E-state index contributed by atoms with van der Waals surface area (Å²) in [5.41, 5.74) is 2.10. The van der Waals surface area contributed by atoms with Crippen molar-refractivity contribution in [3.8, 4) is 11.3 Å². The highest BCUT2D eigenvalue weighted by molar-refractivity contribution is 5.96. The molecule has 1 aliphatic heterocycles. The Morgan fingerprint density at radius 2 is 1.65 bits per heavy atom. The Bertz CT molecular complexity index is 1560. The van der Waals surface area contributed by atoms with Crippen LogP contribution in [0.25, 0.3) is 22.2 Å². The number of ether oxygens (including phenoxy) is 1. The predicted molar refractivity (Wildman–Crippen MR) is 128 cm³/mol. The van der Waals surface area contributed by atoms with Crippen LogP contribution in [0.3, 0.4) is 0 Å². The van der Waals surface area contributed by atoms with Crippen molar-refractivity contribution in [2.45, 2.75) is 25.5 Å². The van der Waals surface area contributed by atoms with Crippen LogP contribution in [-0.4, -0.2) is 25.2 Å². The predicted octanol–water partition coefficient (Wildman–Crippen LogP) is 3.47. The molecule has 2 aromatic carbocycles. The highest BCUT2D eigenvalue weighted by atomic mass is 16.6. The van der Waals surface area contributed by atoms with Crippen molar-refractivity contribution in [2.24, 2.45) is 14.1 Å². The molecule has 0 saturated heterocycles. The average Bonchev–Trinajstić information content (AvgIpc) is 3.20. The van der Waals surface area contributed by atoms with Gasteiger partial charge in [0.05, 0.1) is 39.4 Å². The minimum absolute atomic E-state index is 0.0219. The minimum Gasteiger partial charge on any atom is -0.365 e. The largest absolute Gasteiger partial charge is 0.365 e. The van der Waals surface area contributed by atoms with Crippen molar-refractivity contribution in [2.75, 3.05) is 6.61 Å². The fourth-order valence-electron chi connectivity index (χ4n) is 4.89. The van der Waals surface area contributed by atoms with E-state index < -0.39 is 22.3 Å². The lowest BCUT2D eigenvalue weighted by Crippen LogP contribution is -2.40. The Morgan fingerprint density at radius 3 is 2.26 bits per heavy atom. The number of nitrogens with zero attached hydrogens (tertiary/aromatic N) is 4. The van der Waals surface area contributed by atoms with Gasteiger partial charge in [-0.3, -0.25) is 24.0 Å². The number of aromatic nitrogens is 3. The second kappa shape index (κ2) is 7.53. The van der Waals surface area contributed by atoms with Gasteiger partial charge in [-0.05, 0) is 37.1 Å². The Balaban J connectivity index is 1.95. The summed E-state index contributed by atoms with van der Waals surface area (Å²) in [6.45, 7) is 4.39. The third-order valence-electron chi connectivity index (χ3n) is 6.52. The van der Waals surface area contributed by atoms with E-state index in [-0.39, 0.29) is 11.2 Å². The zero-order chi connectivity index (χ0) is 24.4. The fourth-order valence-corrected chi connectivity index (χ4v) is 4.89. The first-order valence-electron chi connectivity index (χ1n) is 10.9. The smallest absolute Gasteiger partial charge is 0.331 e. The quantitative estimate of drug-likeness (QED) is 0.344. The maximum Gasteiger partial charge on any atom is 0.331 e. The van der Waals surface area contributed by atoms with Gasteiger partial charge >= 0.3 is 5.69 Å². The molecule has 1 aliphatic rings. The van der Waals surface area contributed by atoms with Crippen LogP contribution in [0.4, 0.5) is 5.69 Å². The molecule has 0 fully saturated rings. The topological polar surface area (TPSA) is 101 Å². The third kappa shape index (κ3) is 3.04. The van der Waals surface area contributed by atoms with Crippen LogP contribution < -0.4 is 11.2 Å². The third-order valence-corrected chi connectivity index (χ3v) is 6.52. The summed E-state index contributed by atoms with van der Waals surface area (Å²) in [4.78, 5) is 37.2. The summed E-state index contributed by atoms with van der Waals surface area (Å²) < 4.78 is 11.0. The second-order valence-corrected chi connectivity index (χ2v) is 9.22. The molecule has 3 heterocycles. The first-order chi connectivity index (χ1) is 16.1. The van der Waals surface area contributed by atoms with E-state index in [1.165, 1.54) is 23.7 Å². The molecule has 1 atom stereocenters. The molecule has 0 amide bonds. The van der Waals surface area contributed by atoms with E-state index in [1.807, 2.05) is 44.2 Å². The molecule has 0 aliphatic carbocycles. The molecule has 4 aromatic rings. The van der Waals surface area contributed by atoms with Crippen molar-refractivity contribution in [1.82, 2.24) is 13.7 Å². The zero-order valence-electron chi connectivity index (χ0n) is 19.3. The van der Waals surface area contributed by atoms with E-state index in [4.69, 9.17) is 4.74 Å². The normalized spacial score (nSPS) is 17.0. The molecule has 2 aromatic heterocycles. The molecule has 174 valence electrons. The summed E-state index contributed by atoms with van der Waals surface area (Å²) in [7, 11) is 3.12. The van der Waals surface area contributed by atoms with Gasteiger partial charge in [-0.1, -0.05) is 30.3 Å². The van der Waals surface area contributed by atoms with Gasteiger partial charge < -0.3 is 9.30 Å². The van der Waals surface area contributed by atoms with E-state index in [1.54, 1.807) is 19.2 Å². The van der Waals surface area contributed by atoms with Crippen molar-refractivity contribution < 1.29 is 9.66 Å². The number of benzene rings is 2. The van der Waals surface area contributed by atoms with Crippen molar-refractivity contribution in [3.63, 3.8) is 0 Å². The van der Waals surface area contributed by atoms with Gasteiger partial charge in [-0.15, -0.1) is 0 Å². The average molecular weight is 460 g/mol. The molecule has 0 radical (unpaired) electrons. The zero-order valence-corrected chi connectivity index (χ0v) is 19.3. The Labute approximate surface area is 194 Å². The van der Waals surface area contributed by atoms with Crippen LogP contribution in [0.5, 0.6) is 0 Å². The van der Waals surface area contributed by atoms with E-state index >= 15 is 0 Å². The standard InChI is InChI=1S/C25H24N4O5/c1-25(2)14-34-22(16-10-12-17(13-11-16)29(32)33)21-20-18(23(30)27(4)24(31)26(20)3)19(28(21)25)15-8-6-5-7-9-15/h5-13,22H,14H2,1-4H3. The molecule has 0 N–H and O–H groups in total. The summed E-state index contributed by atoms with van der Waals surface area (Å²) >= 11 is 0. The summed E-state index contributed by atoms with van der Waals surface area (Å²) in [6.07, 6.45) is -0.619. The number of hydrogen-bond donors (Lipinski definition) is 0. The van der Waals surface area contributed by atoms with Gasteiger partial charge in [-0.25, -0.2) is 4.79 Å². The number of non-ortho nitro benzene ring substituents is 1. The van der Waals surface area contributed by atoms with Crippen LogP contribution >= 0.6 is 0 Å². The monoisotopic (exact) mass is 460 g/mol. The van der Waals surface area contributed by atoms with Gasteiger partial charge in [-0.2, -0.15) is 0 Å². The van der Waals surface area contributed by atoms with E-state index in [2.05, 4.69) is 4.57 Å². The van der Waals surface area contributed by atoms with Crippen molar-refractivity contribution >= 4 is 16.6 Å². The number of aryl methyl sites for hydroxylation is 1. The molecule has 1 unspecified atom stereocenters. The van der Waals surface area contributed by atoms with E-state index in [0.29, 0.717) is 28.8 Å². The van der Waals surface area contributed by atoms with Crippen LogP contribution in [0, 0.1) is 10.1 Å². The molecular formula is C25H24N4O5. The lowest BCUT2D eigenvalue weighted by molar-refractivity contribution is -0.384. The summed E-state index contributed by atoms with van der Waals surface area (Å²) in [5.74, 6) is 0. The first kappa shape index (κ1) is 21.8. The van der Waals surface area contributed by atoms with Crippen LogP contribution in [-0.2, 0) is 24.4 Å². The van der Waals surface area contributed by atoms with Crippen LogP contribution in [0.15, 0.2) is 64.2 Å². The number of nitro groups is 1. The SMILES string of the molecule is Cn1c(=O)c2c(-c3ccccc3)n3c(c2n(C)c1=O)C(c1ccc([N+](=O)[O-])cc1)OCC3(C)C. The maximum absolute atomic E-state index is 13.5. The highest BCUT2D eigenvalue weighted by Crippen LogP contribution is 2.45. The fraction of sp³-hybridized carbons (Fsp3) is 0.280. The Kier molecular flexibility index (Phi) is 4.84. The number of rotatable bonds is 3. The van der Waals surface area contributed by atoms with Gasteiger partial charge in [0.25, 0.3) is 11.2 Å². The van der Waals surface area contributed by atoms with Crippen molar-refractivity contribution in [1.29, 1.82) is 0 Å².